The van der Waals surface area contributed by atoms with Crippen LogP contribution in [-0.4, -0.2) is 28.0 Å². The quantitative estimate of drug-likeness (QED) is 0.687. The maximum Gasteiger partial charge on any atom is 0.257 e. The average molecular weight is 343 g/mol. The van der Waals surface area contributed by atoms with Gasteiger partial charge in [0.15, 0.2) is 0 Å². The normalized spacial score (nSPS) is 10.6. The minimum Gasteiger partial charge on any atom is -0.486 e. The number of ether oxygens (including phenoxy) is 1. The number of aromatic nitrogens is 2. The molecule has 0 saturated carbocycles. The number of amides is 1. The Balaban J connectivity index is 1.71. The van der Waals surface area contributed by atoms with Crippen molar-refractivity contribution in [2.45, 2.75) is 20.1 Å². The molecule has 24 heavy (non-hydrogen) atoms. The molecule has 3 aromatic rings. The Morgan fingerprint density at radius 2 is 2.17 bits per heavy atom. The van der Waals surface area contributed by atoms with Gasteiger partial charge in [-0.05, 0) is 19.1 Å². The molecule has 6 nitrogen and oxygen atoms in total. The average Bonchev–Trinajstić information content (AvgIpc) is 3.24. The highest BCUT2D eigenvalue weighted by molar-refractivity contribution is 7.07. The number of benzene rings is 1. The Kier molecular flexibility index (Phi) is 4.90. The van der Waals surface area contributed by atoms with Crippen LogP contribution < -0.4 is 4.74 Å². The van der Waals surface area contributed by atoms with Gasteiger partial charge in [0, 0.05) is 18.5 Å². The number of carbonyl (C=O) groups is 1. The predicted octanol–water partition coefficient (Wildman–Crippen LogP) is 3.29. The zero-order valence-electron chi connectivity index (χ0n) is 13.4. The SMILES string of the molecule is Cc1cc(CN(C)C(=O)c2ccccc2OCc2cscn2)no1. The van der Waals surface area contributed by atoms with Crippen LogP contribution in [0.5, 0.6) is 5.75 Å². The van der Waals surface area contributed by atoms with E-state index in [1.165, 1.54) is 11.3 Å². The number of hydrogen-bond donors (Lipinski definition) is 0. The topological polar surface area (TPSA) is 68.5 Å². The van der Waals surface area contributed by atoms with Crippen molar-refractivity contribution >= 4 is 17.2 Å². The lowest BCUT2D eigenvalue weighted by Crippen LogP contribution is -2.26. The molecule has 0 aliphatic carbocycles. The molecular formula is C17H17N3O3S. The molecule has 0 atom stereocenters. The maximum absolute atomic E-state index is 12.7. The van der Waals surface area contributed by atoms with Crippen LogP contribution in [0.4, 0.5) is 0 Å². The van der Waals surface area contributed by atoms with E-state index in [1.54, 1.807) is 29.6 Å². The van der Waals surface area contributed by atoms with E-state index >= 15 is 0 Å². The second-order valence-corrected chi connectivity index (χ2v) is 6.07. The van der Waals surface area contributed by atoms with Crippen molar-refractivity contribution in [1.82, 2.24) is 15.0 Å². The van der Waals surface area contributed by atoms with Gasteiger partial charge in [0.2, 0.25) is 0 Å². The number of hydrogen-bond acceptors (Lipinski definition) is 6. The molecule has 2 heterocycles. The Morgan fingerprint density at radius 1 is 1.33 bits per heavy atom. The van der Waals surface area contributed by atoms with Gasteiger partial charge in [0.1, 0.15) is 23.8 Å². The van der Waals surface area contributed by atoms with Gasteiger partial charge in [-0.3, -0.25) is 4.79 Å². The van der Waals surface area contributed by atoms with Crippen LogP contribution >= 0.6 is 11.3 Å². The molecule has 2 aromatic heterocycles. The molecule has 7 heteroatoms. The molecule has 3 rings (SSSR count). The van der Waals surface area contributed by atoms with Gasteiger partial charge < -0.3 is 14.2 Å². The molecule has 0 unspecified atom stereocenters. The van der Waals surface area contributed by atoms with E-state index in [4.69, 9.17) is 9.26 Å². The maximum atomic E-state index is 12.7. The number of para-hydroxylation sites is 1. The third-order valence-corrected chi connectivity index (χ3v) is 4.03. The first kappa shape index (κ1) is 16.2. The zero-order chi connectivity index (χ0) is 16.9. The first-order chi connectivity index (χ1) is 11.6. The van der Waals surface area contributed by atoms with Crippen LogP contribution in [0.1, 0.15) is 27.5 Å². The van der Waals surface area contributed by atoms with Crippen LogP contribution in [0.3, 0.4) is 0 Å². The lowest BCUT2D eigenvalue weighted by atomic mass is 10.1. The van der Waals surface area contributed by atoms with Crippen LogP contribution in [0, 0.1) is 6.92 Å². The smallest absolute Gasteiger partial charge is 0.257 e. The summed E-state index contributed by atoms with van der Waals surface area (Å²) in [5.41, 5.74) is 3.82. The van der Waals surface area contributed by atoms with E-state index in [9.17, 15) is 4.79 Å². The summed E-state index contributed by atoms with van der Waals surface area (Å²) in [6, 6.07) is 9.01. The fourth-order valence-electron chi connectivity index (χ4n) is 2.24. The third kappa shape index (κ3) is 3.80. The van der Waals surface area contributed by atoms with E-state index in [-0.39, 0.29) is 5.91 Å². The van der Waals surface area contributed by atoms with Crippen molar-refractivity contribution in [2.24, 2.45) is 0 Å². The lowest BCUT2D eigenvalue weighted by Gasteiger charge is -2.17. The molecule has 0 aliphatic heterocycles. The third-order valence-electron chi connectivity index (χ3n) is 3.40. The first-order valence-corrected chi connectivity index (χ1v) is 8.34. The Bertz CT molecular complexity index is 814. The second kappa shape index (κ2) is 7.27. The fraction of sp³-hybridized carbons (Fsp3) is 0.235. The van der Waals surface area contributed by atoms with Crippen molar-refractivity contribution in [3.63, 3.8) is 0 Å². The predicted molar refractivity (Wildman–Crippen MR) is 89.9 cm³/mol. The van der Waals surface area contributed by atoms with Crippen molar-refractivity contribution < 1.29 is 14.1 Å². The van der Waals surface area contributed by atoms with Crippen LogP contribution in [0.25, 0.3) is 0 Å². The van der Waals surface area contributed by atoms with E-state index in [0.29, 0.717) is 30.2 Å². The van der Waals surface area contributed by atoms with E-state index < -0.39 is 0 Å². The van der Waals surface area contributed by atoms with Gasteiger partial charge in [-0.1, -0.05) is 17.3 Å². The summed E-state index contributed by atoms with van der Waals surface area (Å²) in [6.07, 6.45) is 0. The molecule has 0 saturated heterocycles. The number of nitrogens with zero attached hydrogens (tertiary/aromatic N) is 3. The van der Waals surface area contributed by atoms with Gasteiger partial charge in [-0.25, -0.2) is 4.98 Å². The molecule has 1 aromatic carbocycles. The molecular weight excluding hydrogens is 326 g/mol. The monoisotopic (exact) mass is 343 g/mol. The first-order valence-electron chi connectivity index (χ1n) is 7.40. The summed E-state index contributed by atoms with van der Waals surface area (Å²) in [5.74, 6) is 1.13. The summed E-state index contributed by atoms with van der Waals surface area (Å²) >= 11 is 1.51. The molecule has 1 amide bonds. The van der Waals surface area contributed by atoms with E-state index in [1.807, 2.05) is 30.5 Å². The molecule has 124 valence electrons. The summed E-state index contributed by atoms with van der Waals surface area (Å²) in [7, 11) is 1.73. The van der Waals surface area contributed by atoms with Crippen molar-refractivity contribution in [1.29, 1.82) is 0 Å². The lowest BCUT2D eigenvalue weighted by molar-refractivity contribution is 0.0777. The number of thiazole rings is 1. The van der Waals surface area contributed by atoms with Gasteiger partial charge >= 0.3 is 0 Å². The molecule has 0 spiro atoms. The van der Waals surface area contributed by atoms with Crippen LogP contribution in [0.15, 0.2) is 45.7 Å². The molecule has 0 radical (unpaired) electrons. The van der Waals surface area contributed by atoms with Crippen molar-refractivity contribution in [2.75, 3.05) is 7.05 Å². The highest BCUT2D eigenvalue weighted by atomic mass is 32.1. The van der Waals surface area contributed by atoms with Gasteiger partial charge in [-0.15, -0.1) is 11.3 Å². The van der Waals surface area contributed by atoms with E-state index in [2.05, 4.69) is 10.1 Å². The zero-order valence-corrected chi connectivity index (χ0v) is 14.2. The summed E-state index contributed by atoms with van der Waals surface area (Å²) in [5, 5.41) is 5.84. The molecule has 0 N–H and O–H groups in total. The Hall–Kier alpha value is -2.67. The minimum atomic E-state index is -0.135. The molecule has 0 fully saturated rings. The van der Waals surface area contributed by atoms with Crippen LogP contribution in [0.2, 0.25) is 0 Å². The highest BCUT2D eigenvalue weighted by Crippen LogP contribution is 2.21. The van der Waals surface area contributed by atoms with Gasteiger partial charge in [0.05, 0.1) is 23.3 Å². The molecule has 0 aliphatic rings. The van der Waals surface area contributed by atoms with Gasteiger partial charge in [0.25, 0.3) is 5.91 Å². The van der Waals surface area contributed by atoms with Crippen molar-refractivity contribution in [3.05, 3.63) is 63.9 Å². The highest BCUT2D eigenvalue weighted by Gasteiger charge is 2.18. The second-order valence-electron chi connectivity index (χ2n) is 5.35. The number of carbonyl (C=O) groups excluding carboxylic acids is 1. The van der Waals surface area contributed by atoms with E-state index in [0.717, 1.165) is 11.5 Å². The van der Waals surface area contributed by atoms with Crippen molar-refractivity contribution in [3.8, 4) is 5.75 Å². The fourth-order valence-corrected chi connectivity index (χ4v) is 2.79. The summed E-state index contributed by atoms with van der Waals surface area (Å²) < 4.78 is 10.8. The largest absolute Gasteiger partial charge is 0.486 e. The summed E-state index contributed by atoms with van der Waals surface area (Å²) in [4.78, 5) is 18.5. The minimum absolute atomic E-state index is 0.135. The number of rotatable bonds is 6. The summed E-state index contributed by atoms with van der Waals surface area (Å²) in [6.45, 7) is 2.52. The Morgan fingerprint density at radius 3 is 2.88 bits per heavy atom. The van der Waals surface area contributed by atoms with Gasteiger partial charge in [-0.2, -0.15) is 0 Å². The molecule has 0 bridgehead atoms. The number of aryl methyl sites for hydroxylation is 1. The standard InChI is InChI=1S/C17H17N3O3S/c1-12-7-13(19-23-12)8-20(2)17(21)15-5-3-4-6-16(15)22-9-14-10-24-11-18-14/h3-7,10-11H,8-9H2,1-2H3. The Labute approximate surface area is 143 Å². The van der Waals surface area contributed by atoms with Crippen LogP contribution in [-0.2, 0) is 13.2 Å².